The van der Waals surface area contributed by atoms with Crippen molar-refractivity contribution in [3.8, 4) is 0 Å². The van der Waals surface area contributed by atoms with Gasteiger partial charge >= 0.3 is 6.03 Å². The normalized spacial score (nSPS) is 33.8. The van der Waals surface area contributed by atoms with Crippen LogP contribution in [0.15, 0.2) is 0 Å². The van der Waals surface area contributed by atoms with Gasteiger partial charge in [0.25, 0.3) is 0 Å². The van der Waals surface area contributed by atoms with Crippen LogP contribution in [0.1, 0.15) is 38.5 Å². The third-order valence-electron chi connectivity index (χ3n) is 4.34. The highest BCUT2D eigenvalue weighted by Crippen LogP contribution is 2.29. The van der Waals surface area contributed by atoms with Gasteiger partial charge in [-0.25, -0.2) is 4.79 Å². The van der Waals surface area contributed by atoms with Crippen LogP contribution in [0.3, 0.4) is 0 Å². The highest BCUT2D eigenvalue weighted by atomic mass is 16.2. The van der Waals surface area contributed by atoms with Gasteiger partial charge in [0, 0.05) is 18.6 Å². The molecule has 2 aliphatic heterocycles. The molecule has 1 saturated carbocycles. The van der Waals surface area contributed by atoms with E-state index in [4.69, 9.17) is 0 Å². The average Bonchev–Trinajstić information content (AvgIpc) is 3.04. The van der Waals surface area contributed by atoms with Crippen molar-refractivity contribution in [2.75, 3.05) is 19.6 Å². The zero-order valence-electron chi connectivity index (χ0n) is 10.5. The number of rotatable bonds is 2. The molecule has 0 aromatic rings. The van der Waals surface area contributed by atoms with Crippen molar-refractivity contribution in [3.05, 3.63) is 0 Å². The Hall–Kier alpha value is -0.770. The van der Waals surface area contributed by atoms with Gasteiger partial charge in [0.1, 0.15) is 0 Å². The Morgan fingerprint density at radius 3 is 2.76 bits per heavy atom. The van der Waals surface area contributed by atoms with Gasteiger partial charge in [-0.15, -0.1) is 0 Å². The highest BCUT2D eigenvalue weighted by molar-refractivity contribution is 5.75. The summed E-state index contributed by atoms with van der Waals surface area (Å²) in [6.07, 6.45) is 7.28. The Balaban J connectivity index is 1.59. The molecule has 0 aromatic heterocycles. The maximum atomic E-state index is 12.1. The van der Waals surface area contributed by atoms with Crippen molar-refractivity contribution in [1.29, 1.82) is 0 Å². The molecule has 1 aliphatic carbocycles. The second-order valence-corrected chi connectivity index (χ2v) is 5.73. The van der Waals surface area contributed by atoms with Gasteiger partial charge in [0.2, 0.25) is 0 Å². The van der Waals surface area contributed by atoms with Crippen molar-refractivity contribution in [2.24, 2.45) is 5.92 Å². The molecule has 2 amide bonds. The van der Waals surface area contributed by atoms with Crippen molar-refractivity contribution in [3.63, 3.8) is 0 Å². The molecule has 3 aliphatic rings. The first-order valence-electron chi connectivity index (χ1n) is 7.12. The van der Waals surface area contributed by atoms with E-state index >= 15 is 0 Å². The minimum Gasteiger partial charge on any atom is -0.335 e. The molecule has 4 heteroatoms. The molecule has 0 bridgehead atoms. The minimum atomic E-state index is 0.195. The van der Waals surface area contributed by atoms with Crippen LogP contribution in [0, 0.1) is 5.92 Å². The Bertz CT molecular complexity index is 284. The second kappa shape index (κ2) is 4.84. The summed E-state index contributed by atoms with van der Waals surface area (Å²) in [5.74, 6) is 0.677. The Morgan fingerprint density at radius 2 is 2.06 bits per heavy atom. The Labute approximate surface area is 103 Å². The lowest BCUT2D eigenvalue weighted by atomic mass is 9.90. The number of hydrogen-bond donors (Lipinski definition) is 2. The smallest absolute Gasteiger partial charge is 0.317 e. The Morgan fingerprint density at radius 1 is 1.18 bits per heavy atom. The largest absolute Gasteiger partial charge is 0.335 e. The van der Waals surface area contributed by atoms with Gasteiger partial charge in [0.05, 0.1) is 0 Å². The fraction of sp³-hybridized carbons (Fsp3) is 0.923. The highest BCUT2D eigenvalue weighted by Gasteiger charge is 2.36. The number of carbonyl (C=O) groups excluding carboxylic acids is 1. The van der Waals surface area contributed by atoms with Crippen LogP contribution in [0.2, 0.25) is 0 Å². The standard InChI is InChI=1S/C13H23N3O/c17-13(15-11-5-6-11)16-8-2-4-12(16)10-3-1-7-14-9-10/h10-12,14H,1-9H2,(H,15,17). The van der Waals surface area contributed by atoms with E-state index in [1.807, 2.05) is 0 Å². The van der Waals surface area contributed by atoms with Crippen molar-refractivity contribution >= 4 is 6.03 Å². The number of likely N-dealkylation sites (tertiary alicyclic amines) is 1. The summed E-state index contributed by atoms with van der Waals surface area (Å²) >= 11 is 0. The third kappa shape index (κ3) is 2.57. The van der Waals surface area contributed by atoms with Crippen LogP contribution >= 0.6 is 0 Å². The molecule has 3 rings (SSSR count). The van der Waals surface area contributed by atoms with Gasteiger partial charge in [-0.3, -0.25) is 0 Å². The predicted octanol–water partition coefficient (Wildman–Crippen LogP) is 1.32. The number of amides is 2. The van der Waals surface area contributed by atoms with E-state index in [2.05, 4.69) is 15.5 Å². The van der Waals surface area contributed by atoms with Crippen molar-refractivity contribution in [1.82, 2.24) is 15.5 Å². The molecule has 0 radical (unpaired) electrons. The van der Waals surface area contributed by atoms with Crippen molar-refractivity contribution in [2.45, 2.75) is 50.6 Å². The number of nitrogens with zero attached hydrogens (tertiary/aromatic N) is 1. The van der Waals surface area contributed by atoms with Gasteiger partial charge in [-0.1, -0.05) is 0 Å². The fourth-order valence-corrected chi connectivity index (χ4v) is 3.23. The number of carbonyl (C=O) groups is 1. The molecule has 3 fully saturated rings. The van der Waals surface area contributed by atoms with Crippen LogP contribution in [0.4, 0.5) is 4.79 Å². The Kier molecular flexibility index (Phi) is 3.23. The zero-order valence-corrected chi connectivity index (χ0v) is 10.5. The molecule has 17 heavy (non-hydrogen) atoms. The van der Waals surface area contributed by atoms with E-state index in [0.29, 0.717) is 18.0 Å². The van der Waals surface area contributed by atoms with E-state index in [-0.39, 0.29) is 6.03 Å². The summed E-state index contributed by atoms with van der Waals surface area (Å²) in [4.78, 5) is 14.3. The minimum absolute atomic E-state index is 0.195. The summed E-state index contributed by atoms with van der Waals surface area (Å²) in [6, 6.07) is 1.16. The van der Waals surface area contributed by atoms with Gasteiger partial charge < -0.3 is 15.5 Å². The molecule has 2 heterocycles. The first-order chi connectivity index (χ1) is 8.34. The summed E-state index contributed by atoms with van der Waals surface area (Å²) in [5, 5.41) is 6.60. The maximum Gasteiger partial charge on any atom is 0.317 e. The number of hydrogen-bond acceptors (Lipinski definition) is 2. The summed E-state index contributed by atoms with van der Waals surface area (Å²) in [7, 11) is 0. The monoisotopic (exact) mass is 237 g/mol. The molecule has 0 aromatic carbocycles. The zero-order chi connectivity index (χ0) is 11.7. The summed E-state index contributed by atoms with van der Waals surface area (Å²) in [5.41, 5.74) is 0. The first-order valence-corrected chi connectivity index (χ1v) is 7.12. The van der Waals surface area contributed by atoms with E-state index in [9.17, 15) is 4.79 Å². The predicted molar refractivity (Wildman–Crippen MR) is 66.9 cm³/mol. The van der Waals surface area contributed by atoms with Gasteiger partial charge in [0.15, 0.2) is 0 Å². The van der Waals surface area contributed by atoms with Crippen LogP contribution in [-0.2, 0) is 0 Å². The molecule has 2 saturated heterocycles. The maximum absolute atomic E-state index is 12.1. The van der Waals surface area contributed by atoms with Crippen molar-refractivity contribution < 1.29 is 4.79 Å². The summed E-state index contributed by atoms with van der Waals surface area (Å²) in [6.45, 7) is 3.20. The lowest BCUT2D eigenvalue weighted by Gasteiger charge is -2.34. The third-order valence-corrected chi connectivity index (χ3v) is 4.34. The fourth-order valence-electron chi connectivity index (χ4n) is 3.23. The first kappa shape index (κ1) is 11.3. The SMILES string of the molecule is O=C(NC1CC1)N1CCCC1C1CCCNC1. The number of nitrogens with one attached hydrogen (secondary N) is 2. The number of urea groups is 1. The average molecular weight is 237 g/mol. The molecule has 2 N–H and O–H groups in total. The van der Waals surface area contributed by atoms with Crippen LogP contribution in [0.5, 0.6) is 0 Å². The van der Waals surface area contributed by atoms with Crippen LogP contribution in [0.25, 0.3) is 0 Å². The molecule has 4 nitrogen and oxygen atoms in total. The van der Waals surface area contributed by atoms with E-state index in [1.54, 1.807) is 0 Å². The molecular formula is C13H23N3O. The number of piperidine rings is 1. The van der Waals surface area contributed by atoms with E-state index in [0.717, 1.165) is 19.6 Å². The molecule has 2 unspecified atom stereocenters. The lowest BCUT2D eigenvalue weighted by molar-refractivity contribution is 0.161. The van der Waals surface area contributed by atoms with Gasteiger partial charge in [-0.05, 0) is 57.5 Å². The molecule has 2 atom stereocenters. The van der Waals surface area contributed by atoms with E-state index in [1.165, 1.54) is 38.5 Å². The second-order valence-electron chi connectivity index (χ2n) is 5.73. The van der Waals surface area contributed by atoms with Gasteiger partial charge in [-0.2, -0.15) is 0 Å². The lowest BCUT2D eigenvalue weighted by Crippen LogP contribution is -2.49. The summed E-state index contributed by atoms with van der Waals surface area (Å²) < 4.78 is 0. The quantitative estimate of drug-likeness (QED) is 0.761. The topological polar surface area (TPSA) is 44.4 Å². The molecular weight excluding hydrogens is 214 g/mol. The van der Waals surface area contributed by atoms with E-state index < -0.39 is 0 Å². The molecule has 96 valence electrons. The van der Waals surface area contributed by atoms with Crippen LogP contribution in [-0.4, -0.2) is 42.6 Å². The molecule has 0 spiro atoms. The van der Waals surface area contributed by atoms with Crippen LogP contribution < -0.4 is 10.6 Å².